The van der Waals surface area contributed by atoms with Crippen LogP contribution in [0.1, 0.15) is 38.5 Å². The summed E-state index contributed by atoms with van der Waals surface area (Å²) >= 11 is 1.53. The molecule has 1 heterocycles. The molecule has 0 fully saturated rings. The SMILES string of the molecule is O=C(CCC(=O)OCCCCCCSc1ccc([N+](=O)[O-])c2nonc12)Nc1ccc(F)cc1. The molecule has 0 aliphatic heterocycles. The number of nitro benzene ring substituents is 1. The predicted molar refractivity (Wildman–Crippen MR) is 123 cm³/mol. The van der Waals surface area contributed by atoms with Crippen LogP contribution in [-0.4, -0.2) is 39.5 Å². The fourth-order valence-electron chi connectivity index (χ4n) is 3.06. The third kappa shape index (κ3) is 7.51. The molecule has 3 aromatic rings. The minimum Gasteiger partial charge on any atom is -0.466 e. The number of hydrogen-bond donors (Lipinski definition) is 1. The lowest BCUT2D eigenvalue weighted by atomic mass is 10.2. The fraction of sp³-hybridized carbons (Fsp3) is 0.364. The number of rotatable bonds is 13. The van der Waals surface area contributed by atoms with Crippen LogP contribution in [0.5, 0.6) is 0 Å². The van der Waals surface area contributed by atoms with Crippen molar-refractivity contribution in [3.8, 4) is 0 Å². The van der Waals surface area contributed by atoms with Crippen LogP contribution in [-0.2, 0) is 14.3 Å². The molecule has 12 heteroatoms. The second-order valence-electron chi connectivity index (χ2n) is 7.34. The Bertz CT molecular complexity index is 1140. The number of thioether (sulfide) groups is 1. The van der Waals surface area contributed by atoms with E-state index in [1.807, 2.05) is 0 Å². The van der Waals surface area contributed by atoms with Gasteiger partial charge in [0.05, 0.1) is 18.0 Å². The van der Waals surface area contributed by atoms with Crippen LogP contribution in [0.3, 0.4) is 0 Å². The number of unbranched alkanes of at least 4 members (excludes halogenated alkanes) is 3. The molecule has 1 N–H and O–H groups in total. The summed E-state index contributed by atoms with van der Waals surface area (Å²) in [6, 6.07) is 8.42. The molecular formula is C22H23FN4O6S. The third-order valence-electron chi connectivity index (χ3n) is 4.80. The highest BCUT2D eigenvalue weighted by Crippen LogP contribution is 2.32. The normalized spacial score (nSPS) is 10.9. The molecule has 0 saturated heterocycles. The number of ether oxygens (including phenoxy) is 1. The van der Waals surface area contributed by atoms with Gasteiger partial charge in [-0.1, -0.05) is 12.8 Å². The number of hydrogen-bond acceptors (Lipinski definition) is 9. The van der Waals surface area contributed by atoms with Gasteiger partial charge in [0.15, 0.2) is 5.52 Å². The van der Waals surface area contributed by atoms with Crippen molar-refractivity contribution in [2.24, 2.45) is 0 Å². The highest BCUT2D eigenvalue weighted by molar-refractivity contribution is 7.99. The Morgan fingerprint density at radius 3 is 2.53 bits per heavy atom. The van der Waals surface area contributed by atoms with Crippen molar-refractivity contribution in [3.05, 3.63) is 52.3 Å². The number of non-ortho nitro benzene ring substituents is 1. The second-order valence-corrected chi connectivity index (χ2v) is 8.48. The van der Waals surface area contributed by atoms with E-state index >= 15 is 0 Å². The number of aromatic nitrogens is 2. The lowest BCUT2D eigenvalue weighted by Crippen LogP contribution is -2.14. The van der Waals surface area contributed by atoms with Gasteiger partial charge in [-0.25, -0.2) is 9.02 Å². The Morgan fingerprint density at radius 2 is 1.76 bits per heavy atom. The molecule has 34 heavy (non-hydrogen) atoms. The summed E-state index contributed by atoms with van der Waals surface area (Å²) in [6.45, 7) is 0.291. The average Bonchev–Trinajstić information content (AvgIpc) is 3.31. The fourth-order valence-corrected chi connectivity index (χ4v) is 4.07. The quantitative estimate of drug-likeness (QED) is 0.117. The van der Waals surface area contributed by atoms with E-state index < -0.39 is 16.7 Å². The van der Waals surface area contributed by atoms with Crippen molar-refractivity contribution in [2.45, 2.75) is 43.4 Å². The molecule has 0 radical (unpaired) electrons. The highest BCUT2D eigenvalue weighted by Gasteiger charge is 2.19. The number of carbonyl (C=O) groups excluding carboxylic acids is 2. The lowest BCUT2D eigenvalue weighted by molar-refractivity contribution is -0.383. The first-order chi connectivity index (χ1) is 16.4. The van der Waals surface area contributed by atoms with Gasteiger partial charge in [0.2, 0.25) is 11.4 Å². The van der Waals surface area contributed by atoms with Crippen molar-refractivity contribution in [3.63, 3.8) is 0 Å². The summed E-state index contributed by atoms with van der Waals surface area (Å²) in [6.07, 6.45) is 3.39. The first kappa shape index (κ1) is 25.1. The van der Waals surface area contributed by atoms with Crippen LogP contribution in [0.4, 0.5) is 15.8 Å². The Hall–Kier alpha value is -3.54. The molecule has 180 valence electrons. The zero-order valence-electron chi connectivity index (χ0n) is 18.2. The van der Waals surface area contributed by atoms with Crippen LogP contribution in [0, 0.1) is 15.9 Å². The molecule has 0 spiro atoms. The Kier molecular flexibility index (Phi) is 9.32. The zero-order valence-corrected chi connectivity index (χ0v) is 19.0. The predicted octanol–water partition coefficient (Wildman–Crippen LogP) is 4.88. The van der Waals surface area contributed by atoms with Gasteiger partial charge in [0.25, 0.3) is 0 Å². The van der Waals surface area contributed by atoms with E-state index in [9.17, 15) is 24.1 Å². The Morgan fingerprint density at radius 1 is 1.03 bits per heavy atom. The molecule has 2 aromatic carbocycles. The molecule has 3 rings (SSSR count). The monoisotopic (exact) mass is 490 g/mol. The van der Waals surface area contributed by atoms with Gasteiger partial charge in [-0.15, -0.1) is 11.8 Å². The number of anilines is 1. The number of fused-ring (bicyclic) bond motifs is 1. The highest BCUT2D eigenvalue weighted by atomic mass is 32.2. The number of esters is 1. The minimum atomic E-state index is -0.517. The van der Waals surface area contributed by atoms with Crippen molar-refractivity contribution < 1.29 is 28.3 Å². The lowest BCUT2D eigenvalue weighted by Gasteiger charge is -2.06. The largest absolute Gasteiger partial charge is 0.466 e. The van der Waals surface area contributed by atoms with Gasteiger partial charge >= 0.3 is 11.7 Å². The molecule has 0 atom stereocenters. The van der Waals surface area contributed by atoms with E-state index in [1.54, 1.807) is 6.07 Å². The van der Waals surface area contributed by atoms with Crippen molar-refractivity contribution in [2.75, 3.05) is 17.7 Å². The minimum absolute atomic E-state index is 0.00954. The number of nitro groups is 1. The van der Waals surface area contributed by atoms with E-state index in [1.165, 1.54) is 42.1 Å². The molecule has 10 nitrogen and oxygen atoms in total. The van der Waals surface area contributed by atoms with Crippen molar-refractivity contribution >= 4 is 46.0 Å². The number of amides is 1. The number of benzene rings is 2. The van der Waals surface area contributed by atoms with E-state index in [0.29, 0.717) is 24.2 Å². The van der Waals surface area contributed by atoms with Gasteiger partial charge in [-0.05, 0) is 59.2 Å². The molecule has 0 unspecified atom stereocenters. The maximum absolute atomic E-state index is 12.9. The summed E-state index contributed by atoms with van der Waals surface area (Å²) in [4.78, 5) is 34.9. The van der Waals surface area contributed by atoms with Crippen LogP contribution >= 0.6 is 11.8 Å². The molecule has 1 amide bonds. The van der Waals surface area contributed by atoms with E-state index in [2.05, 4.69) is 20.3 Å². The number of carbonyl (C=O) groups is 2. The number of nitrogens with one attached hydrogen (secondary N) is 1. The second kappa shape index (κ2) is 12.6. The maximum Gasteiger partial charge on any atom is 0.306 e. The van der Waals surface area contributed by atoms with Crippen LogP contribution in [0.15, 0.2) is 45.9 Å². The summed E-state index contributed by atoms with van der Waals surface area (Å²) < 4.78 is 22.7. The molecule has 1 aromatic heterocycles. The van der Waals surface area contributed by atoms with E-state index in [0.717, 1.165) is 29.9 Å². The van der Waals surface area contributed by atoms with Crippen molar-refractivity contribution in [1.29, 1.82) is 0 Å². The summed E-state index contributed by atoms with van der Waals surface area (Å²) in [5, 5.41) is 21.0. The van der Waals surface area contributed by atoms with Crippen LogP contribution in [0.25, 0.3) is 11.0 Å². The molecule has 0 bridgehead atoms. The number of nitrogens with zero attached hydrogens (tertiary/aromatic N) is 3. The Balaban J connectivity index is 1.24. The first-order valence-electron chi connectivity index (χ1n) is 10.7. The number of halogens is 1. The third-order valence-corrected chi connectivity index (χ3v) is 5.93. The molecule has 0 saturated carbocycles. The molecule has 0 aliphatic rings. The zero-order chi connectivity index (χ0) is 24.3. The van der Waals surface area contributed by atoms with E-state index in [4.69, 9.17) is 4.74 Å². The van der Waals surface area contributed by atoms with Crippen LogP contribution < -0.4 is 5.32 Å². The van der Waals surface area contributed by atoms with Gasteiger partial charge in [0.1, 0.15) is 5.82 Å². The Labute approximate surface area is 198 Å². The summed E-state index contributed by atoms with van der Waals surface area (Å²) in [7, 11) is 0. The van der Waals surface area contributed by atoms with Gasteiger partial charge in [-0.2, -0.15) is 0 Å². The maximum atomic E-state index is 12.9. The van der Waals surface area contributed by atoms with Crippen LogP contribution in [0.2, 0.25) is 0 Å². The van der Waals surface area contributed by atoms with E-state index in [-0.39, 0.29) is 30.0 Å². The topological polar surface area (TPSA) is 137 Å². The molecule has 0 aliphatic carbocycles. The smallest absolute Gasteiger partial charge is 0.306 e. The van der Waals surface area contributed by atoms with Gasteiger partial charge in [0, 0.05) is 23.1 Å². The summed E-state index contributed by atoms with van der Waals surface area (Å²) in [5.74, 6) is -0.376. The summed E-state index contributed by atoms with van der Waals surface area (Å²) in [5.41, 5.74) is 0.861. The standard InChI is InChI=1S/C22H23FN4O6S/c23-15-5-7-16(8-6-15)24-19(28)11-12-20(29)32-13-3-1-2-4-14-34-18-10-9-17(27(30)31)21-22(18)26-33-25-21/h5-10H,1-4,11-14H2,(H,24,28). The average molecular weight is 491 g/mol. The first-order valence-corrected chi connectivity index (χ1v) is 11.7. The van der Waals surface area contributed by atoms with Gasteiger partial charge < -0.3 is 10.1 Å². The van der Waals surface area contributed by atoms with Gasteiger partial charge in [-0.3, -0.25) is 19.7 Å². The van der Waals surface area contributed by atoms with Crippen molar-refractivity contribution in [1.82, 2.24) is 10.3 Å². The molecular weight excluding hydrogens is 467 g/mol.